The summed E-state index contributed by atoms with van der Waals surface area (Å²) in [6.07, 6.45) is -0.949. The molecule has 3 rings (SSSR count). The molecular formula is C18H22F3N3O2. The van der Waals surface area contributed by atoms with Crippen molar-refractivity contribution in [1.29, 1.82) is 0 Å². The molecule has 1 heterocycles. The normalized spacial score (nSPS) is 19.2. The van der Waals surface area contributed by atoms with Crippen LogP contribution in [0.2, 0.25) is 0 Å². The number of nitrogens with one attached hydrogen (secondary N) is 2. The van der Waals surface area contributed by atoms with E-state index in [0.29, 0.717) is 32.0 Å². The van der Waals surface area contributed by atoms with Crippen molar-refractivity contribution in [3.8, 4) is 0 Å². The minimum atomic E-state index is -4.44. The van der Waals surface area contributed by atoms with E-state index in [0.717, 1.165) is 25.0 Å². The van der Waals surface area contributed by atoms with Gasteiger partial charge in [0.1, 0.15) is 0 Å². The molecule has 8 heteroatoms. The zero-order valence-corrected chi connectivity index (χ0v) is 14.3. The first-order valence-corrected chi connectivity index (χ1v) is 8.81. The number of carbonyl (C=O) groups excluding carboxylic acids is 2. The van der Waals surface area contributed by atoms with E-state index in [4.69, 9.17) is 0 Å². The van der Waals surface area contributed by atoms with Crippen LogP contribution in [0.1, 0.15) is 31.2 Å². The molecular weight excluding hydrogens is 347 g/mol. The Hall–Kier alpha value is -2.09. The second kappa shape index (κ2) is 7.65. The predicted octanol–water partition coefficient (Wildman–Crippen LogP) is 2.63. The lowest BCUT2D eigenvalue weighted by atomic mass is 9.96. The van der Waals surface area contributed by atoms with Crippen LogP contribution < -0.4 is 10.6 Å². The molecule has 2 N–H and O–H groups in total. The summed E-state index contributed by atoms with van der Waals surface area (Å²) in [5.74, 6) is -0.274. The molecule has 0 aromatic heterocycles. The minimum Gasteiger partial charge on any atom is -0.353 e. The number of likely N-dealkylation sites (tertiary alicyclic amines) is 1. The number of anilines is 1. The molecule has 0 spiro atoms. The Balaban J connectivity index is 1.45. The lowest BCUT2D eigenvalue weighted by Crippen LogP contribution is -2.43. The molecule has 2 amide bonds. The van der Waals surface area contributed by atoms with E-state index >= 15 is 0 Å². The van der Waals surface area contributed by atoms with Gasteiger partial charge in [-0.15, -0.1) is 0 Å². The largest absolute Gasteiger partial charge is 0.416 e. The first-order chi connectivity index (χ1) is 12.3. The lowest BCUT2D eigenvalue weighted by molar-refractivity contribution is -0.137. The highest BCUT2D eigenvalue weighted by atomic mass is 19.4. The Morgan fingerprint density at radius 1 is 1.12 bits per heavy atom. The number of amides is 2. The van der Waals surface area contributed by atoms with Crippen molar-refractivity contribution < 1.29 is 22.8 Å². The van der Waals surface area contributed by atoms with E-state index in [1.54, 1.807) is 0 Å². The molecule has 1 aromatic carbocycles. The van der Waals surface area contributed by atoms with E-state index in [1.165, 1.54) is 12.1 Å². The number of halogens is 3. The van der Waals surface area contributed by atoms with Gasteiger partial charge in [-0.1, -0.05) is 6.07 Å². The maximum absolute atomic E-state index is 12.7. The van der Waals surface area contributed by atoms with Crippen LogP contribution in [0, 0.1) is 5.92 Å². The van der Waals surface area contributed by atoms with Crippen LogP contribution in [0.5, 0.6) is 0 Å². The van der Waals surface area contributed by atoms with Gasteiger partial charge in [-0.2, -0.15) is 13.2 Å². The van der Waals surface area contributed by atoms with Crippen LogP contribution in [0.15, 0.2) is 24.3 Å². The van der Waals surface area contributed by atoms with Crippen molar-refractivity contribution in [2.75, 3.05) is 25.0 Å². The van der Waals surface area contributed by atoms with Gasteiger partial charge in [-0.3, -0.25) is 14.5 Å². The maximum Gasteiger partial charge on any atom is 0.416 e. The Morgan fingerprint density at radius 2 is 1.81 bits per heavy atom. The highest BCUT2D eigenvalue weighted by Gasteiger charge is 2.31. The number of alkyl halides is 3. The van der Waals surface area contributed by atoms with Gasteiger partial charge >= 0.3 is 6.18 Å². The number of piperidine rings is 1. The van der Waals surface area contributed by atoms with Crippen LogP contribution in [0.3, 0.4) is 0 Å². The summed E-state index contributed by atoms with van der Waals surface area (Å²) < 4.78 is 38.1. The third-order valence-corrected chi connectivity index (χ3v) is 4.72. The van der Waals surface area contributed by atoms with Gasteiger partial charge in [0.15, 0.2) is 0 Å². The summed E-state index contributed by atoms with van der Waals surface area (Å²) in [4.78, 5) is 26.0. The van der Waals surface area contributed by atoms with E-state index in [9.17, 15) is 22.8 Å². The Kier molecular flexibility index (Phi) is 5.50. The van der Waals surface area contributed by atoms with Crippen molar-refractivity contribution in [3.05, 3.63) is 29.8 Å². The highest BCUT2D eigenvalue weighted by Crippen LogP contribution is 2.30. The zero-order chi connectivity index (χ0) is 18.7. The maximum atomic E-state index is 12.7. The highest BCUT2D eigenvalue weighted by molar-refractivity contribution is 5.92. The summed E-state index contributed by atoms with van der Waals surface area (Å²) in [5, 5.41) is 5.51. The SMILES string of the molecule is O=C(CN1CCC(C(=O)NC2CC2)CC1)Nc1cccc(C(F)(F)F)c1. The predicted molar refractivity (Wildman–Crippen MR) is 90.4 cm³/mol. The minimum absolute atomic E-state index is 0.0154. The topological polar surface area (TPSA) is 61.4 Å². The number of nitrogens with zero attached hydrogens (tertiary/aromatic N) is 1. The molecule has 0 atom stereocenters. The van der Waals surface area contributed by atoms with Crippen LogP contribution in [0.4, 0.5) is 18.9 Å². The lowest BCUT2D eigenvalue weighted by Gasteiger charge is -2.30. The van der Waals surface area contributed by atoms with Gasteiger partial charge in [-0.05, 0) is 57.0 Å². The van der Waals surface area contributed by atoms with Gasteiger partial charge < -0.3 is 10.6 Å². The molecule has 142 valence electrons. The average Bonchev–Trinajstić information content (AvgIpc) is 3.39. The molecule has 0 bridgehead atoms. The molecule has 0 radical (unpaired) electrons. The number of hydrogen-bond acceptors (Lipinski definition) is 3. The number of rotatable bonds is 5. The van der Waals surface area contributed by atoms with Crippen molar-refractivity contribution in [3.63, 3.8) is 0 Å². The van der Waals surface area contributed by atoms with E-state index in [1.807, 2.05) is 4.90 Å². The summed E-state index contributed by atoms with van der Waals surface area (Å²) in [6, 6.07) is 4.93. The van der Waals surface area contributed by atoms with Gasteiger partial charge in [0, 0.05) is 17.6 Å². The standard InChI is InChI=1S/C18H22F3N3O2/c19-18(20,21)13-2-1-3-15(10-13)22-16(25)11-24-8-6-12(7-9-24)17(26)23-14-4-5-14/h1-3,10,12,14H,4-9,11H2,(H,22,25)(H,23,26). The number of benzene rings is 1. The van der Waals surface area contributed by atoms with E-state index < -0.39 is 11.7 Å². The van der Waals surface area contributed by atoms with Gasteiger partial charge in [0.2, 0.25) is 11.8 Å². The molecule has 1 aromatic rings. The zero-order valence-electron chi connectivity index (χ0n) is 14.3. The third-order valence-electron chi connectivity index (χ3n) is 4.72. The number of carbonyl (C=O) groups is 2. The smallest absolute Gasteiger partial charge is 0.353 e. The molecule has 1 saturated heterocycles. The Morgan fingerprint density at radius 3 is 2.42 bits per heavy atom. The molecule has 1 aliphatic heterocycles. The summed E-state index contributed by atoms with van der Waals surface area (Å²) in [7, 11) is 0. The fourth-order valence-electron chi connectivity index (χ4n) is 3.08. The molecule has 2 fully saturated rings. The molecule has 26 heavy (non-hydrogen) atoms. The summed E-state index contributed by atoms with van der Waals surface area (Å²) >= 11 is 0. The molecule has 1 saturated carbocycles. The van der Waals surface area contributed by atoms with Crippen molar-refractivity contribution in [2.45, 2.75) is 37.9 Å². The van der Waals surface area contributed by atoms with Crippen molar-refractivity contribution in [1.82, 2.24) is 10.2 Å². The first-order valence-electron chi connectivity index (χ1n) is 8.81. The van der Waals surface area contributed by atoms with Crippen molar-refractivity contribution in [2.24, 2.45) is 5.92 Å². The van der Waals surface area contributed by atoms with Crippen LogP contribution in [-0.4, -0.2) is 42.4 Å². The van der Waals surface area contributed by atoms with Gasteiger partial charge in [-0.25, -0.2) is 0 Å². The first kappa shape index (κ1) is 18.7. The van der Waals surface area contributed by atoms with Gasteiger partial charge in [0.05, 0.1) is 12.1 Å². The number of hydrogen-bond donors (Lipinski definition) is 2. The molecule has 2 aliphatic rings. The average molecular weight is 369 g/mol. The molecule has 0 unspecified atom stereocenters. The van der Waals surface area contributed by atoms with Crippen LogP contribution in [-0.2, 0) is 15.8 Å². The molecule has 5 nitrogen and oxygen atoms in total. The fourth-order valence-corrected chi connectivity index (χ4v) is 3.08. The van der Waals surface area contributed by atoms with Crippen LogP contribution in [0.25, 0.3) is 0 Å². The quantitative estimate of drug-likeness (QED) is 0.839. The Labute approximate surface area is 149 Å². The fraction of sp³-hybridized carbons (Fsp3) is 0.556. The summed E-state index contributed by atoms with van der Waals surface area (Å²) in [6.45, 7) is 1.35. The van der Waals surface area contributed by atoms with Crippen molar-refractivity contribution >= 4 is 17.5 Å². The second-order valence-corrected chi connectivity index (χ2v) is 6.96. The monoisotopic (exact) mass is 369 g/mol. The van der Waals surface area contributed by atoms with E-state index in [-0.39, 0.29) is 30.0 Å². The second-order valence-electron chi connectivity index (χ2n) is 6.96. The van der Waals surface area contributed by atoms with E-state index in [2.05, 4.69) is 10.6 Å². The molecule has 1 aliphatic carbocycles. The third kappa shape index (κ3) is 5.20. The van der Waals surface area contributed by atoms with Crippen LogP contribution >= 0.6 is 0 Å². The Bertz CT molecular complexity index is 666. The van der Waals surface area contributed by atoms with Gasteiger partial charge in [0.25, 0.3) is 0 Å². The summed E-state index contributed by atoms with van der Waals surface area (Å²) in [5.41, 5.74) is -0.665.